The van der Waals surface area contributed by atoms with E-state index in [2.05, 4.69) is 52.6 Å². The highest BCUT2D eigenvalue weighted by molar-refractivity contribution is 6.74. The third-order valence-electron chi connectivity index (χ3n) is 6.33. The highest BCUT2D eigenvalue weighted by atomic mass is 28.4. The number of aliphatic imine (C=N–C) groups is 1. The molecule has 3 rings (SSSR count). The summed E-state index contributed by atoms with van der Waals surface area (Å²) < 4.78 is 18.5. The molecule has 0 saturated heterocycles. The molecule has 0 amide bonds. The minimum absolute atomic E-state index is 0.0746. The molecule has 0 fully saturated rings. The van der Waals surface area contributed by atoms with E-state index in [0.29, 0.717) is 5.90 Å². The summed E-state index contributed by atoms with van der Waals surface area (Å²) in [4.78, 5) is 5.05. The SMILES string of the molecule is C=C[C@@H]1OC(c2ccccc2)=N[C@H](Cc2ccc(OC)cc2)[C@@H]1O[Si](C)(C)C(C)(C)C. The van der Waals surface area contributed by atoms with E-state index in [4.69, 9.17) is 18.9 Å². The molecule has 0 aliphatic carbocycles. The van der Waals surface area contributed by atoms with Crippen LogP contribution in [0.1, 0.15) is 31.9 Å². The van der Waals surface area contributed by atoms with Gasteiger partial charge in [-0.25, -0.2) is 4.99 Å². The minimum atomic E-state index is -2.04. The van der Waals surface area contributed by atoms with Crippen molar-refractivity contribution in [2.45, 2.75) is 63.6 Å². The van der Waals surface area contributed by atoms with Crippen molar-refractivity contribution in [2.24, 2.45) is 4.99 Å². The highest BCUT2D eigenvalue weighted by Crippen LogP contribution is 2.39. The molecule has 0 bridgehead atoms. The first-order chi connectivity index (χ1) is 14.6. The number of nitrogens with zero attached hydrogens (tertiary/aromatic N) is 1. The van der Waals surface area contributed by atoms with Gasteiger partial charge in [0.05, 0.1) is 13.2 Å². The Kier molecular flexibility index (Phi) is 7.07. The molecule has 5 heteroatoms. The minimum Gasteiger partial charge on any atom is -0.497 e. The fourth-order valence-corrected chi connectivity index (χ4v) is 4.73. The van der Waals surface area contributed by atoms with Crippen LogP contribution in [0.4, 0.5) is 0 Å². The molecule has 0 spiro atoms. The number of ether oxygens (including phenoxy) is 2. The largest absolute Gasteiger partial charge is 0.497 e. The molecule has 0 radical (unpaired) electrons. The van der Waals surface area contributed by atoms with Crippen LogP contribution in [-0.4, -0.2) is 39.6 Å². The van der Waals surface area contributed by atoms with Gasteiger partial charge in [-0.05, 0) is 60.5 Å². The Morgan fingerprint density at radius 2 is 1.71 bits per heavy atom. The fourth-order valence-electron chi connectivity index (χ4n) is 3.40. The monoisotopic (exact) mass is 437 g/mol. The summed E-state index contributed by atoms with van der Waals surface area (Å²) in [6.45, 7) is 15.4. The molecule has 1 aliphatic heterocycles. The lowest BCUT2D eigenvalue weighted by molar-refractivity contribution is 0.0328. The topological polar surface area (TPSA) is 40.0 Å². The fraction of sp³-hybridized carbons (Fsp3) is 0.423. The van der Waals surface area contributed by atoms with Gasteiger partial charge in [-0.2, -0.15) is 0 Å². The highest BCUT2D eigenvalue weighted by Gasteiger charge is 2.45. The molecule has 4 nitrogen and oxygen atoms in total. The second kappa shape index (κ2) is 9.41. The molecular formula is C26H35NO3Si. The number of methoxy groups -OCH3 is 1. The Morgan fingerprint density at radius 1 is 1.06 bits per heavy atom. The van der Waals surface area contributed by atoms with E-state index in [1.807, 2.05) is 48.5 Å². The van der Waals surface area contributed by atoms with Crippen LogP contribution in [0.5, 0.6) is 5.75 Å². The van der Waals surface area contributed by atoms with Gasteiger partial charge in [0.25, 0.3) is 0 Å². The van der Waals surface area contributed by atoms with Gasteiger partial charge in [0.2, 0.25) is 5.90 Å². The quantitative estimate of drug-likeness (QED) is 0.392. The molecule has 2 aromatic carbocycles. The molecule has 1 heterocycles. The number of hydrogen-bond acceptors (Lipinski definition) is 4. The third-order valence-corrected chi connectivity index (χ3v) is 10.8. The van der Waals surface area contributed by atoms with Crippen LogP contribution in [0.25, 0.3) is 0 Å². The normalized spacial score (nSPS) is 21.7. The number of benzene rings is 2. The van der Waals surface area contributed by atoms with Crippen molar-refractivity contribution in [3.8, 4) is 5.75 Å². The van der Waals surface area contributed by atoms with Gasteiger partial charge in [-0.15, -0.1) is 0 Å². The predicted molar refractivity (Wildman–Crippen MR) is 131 cm³/mol. The lowest BCUT2D eigenvalue weighted by atomic mass is 9.96. The van der Waals surface area contributed by atoms with Gasteiger partial charge in [0.15, 0.2) is 8.32 Å². The summed E-state index contributed by atoms with van der Waals surface area (Å²) in [5.41, 5.74) is 2.16. The van der Waals surface area contributed by atoms with Crippen molar-refractivity contribution in [1.29, 1.82) is 0 Å². The molecule has 1 aliphatic rings. The van der Waals surface area contributed by atoms with Crippen LogP contribution < -0.4 is 4.74 Å². The van der Waals surface area contributed by atoms with E-state index in [9.17, 15) is 0 Å². The summed E-state index contributed by atoms with van der Waals surface area (Å²) in [7, 11) is -0.360. The first kappa shape index (κ1) is 23.3. The van der Waals surface area contributed by atoms with Crippen LogP contribution in [-0.2, 0) is 15.6 Å². The zero-order valence-corrected chi connectivity index (χ0v) is 20.6. The maximum absolute atomic E-state index is 6.87. The van der Waals surface area contributed by atoms with E-state index in [0.717, 1.165) is 17.7 Å². The van der Waals surface area contributed by atoms with Crippen molar-refractivity contribution in [1.82, 2.24) is 0 Å². The average molecular weight is 438 g/mol. The number of hydrogen-bond donors (Lipinski definition) is 0. The van der Waals surface area contributed by atoms with Crippen LogP contribution >= 0.6 is 0 Å². The summed E-state index contributed by atoms with van der Waals surface area (Å²) >= 11 is 0. The standard InChI is InChI=1S/C26H35NO3Si/c1-8-23-24(30-31(6,7)26(2,3)4)22(18-19-14-16-21(28-5)17-15-19)27-25(29-23)20-12-10-9-11-13-20/h8-17,22-24H,1,18H2,2-7H3/t22-,23+,24+/m1/s1. The van der Waals surface area contributed by atoms with Crippen LogP contribution in [0.2, 0.25) is 18.1 Å². The maximum atomic E-state index is 6.87. The third kappa shape index (κ3) is 5.46. The molecule has 0 saturated carbocycles. The molecule has 31 heavy (non-hydrogen) atoms. The maximum Gasteiger partial charge on any atom is 0.217 e. The van der Waals surface area contributed by atoms with E-state index in [1.54, 1.807) is 7.11 Å². The molecule has 3 atom stereocenters. The summed E-state index contributed by atoms with van der Waals surface area (Å²) in [5, 5.41) is 0.0901. The molecular weight excluding hydrogens is 402 g/mol. The second-order valence-corrected chi connectivity index (χ2v) is 14.3. The van der Waals surface area contributed by atoms with E-state index in [-0.39, 0.29) is 23.3 Å². The van der Waals surface area contributed by atoms with E-state index in [1.165, 1.54) is 5.56 Å². The van der Waals surface area contributed by atoms with Gasteiger partial charge in [0, 0.05) is 5.56 Å². The zero-order chi connectivity index (χ0) is 22.6. The van der Waals surface area contributed by atoms with Gasteiger partial charge in [-0.1, -0.05) is 57.7 Å². The average Bonchev–Trinajstić information content (AvgIpc) is 2.75. The van der Waals surface area contributed by atoms with Gasteiger partial charge >= 0.3 is 0 Å². The van der Waals surface area contributed by atoms with Crippen molar-refractivity contribution >= 4 is 14.2 Å². The van der Waals surface area contributed by atoms with Crippen molar-refractivity contribution in [2.75, 3.05) is 7.11 Å². The van der Waals surface area contributed by atoms with Crippen LogP contribution in [0.15, 0.2) is 72.2 Å². The van der Waals surface area contributed by atoms with Gasteiger partial charge < -0.3 is 13.9 Å². The Balaban J connectivity index is 1.98. The van der Waals surface area contributed by atoms with E-state index >= 15 is 0 Å². The summed E-state index contributed by atoms with van der Waals surface area (Å²) in [6, 6.07) is 18.1. The number of rotatable bonds is 7. The predicted octanol–water partition coefficient (Wildman–Crippen LogP) is 6.03. The van der Waals surface area contributed by atoms with Crippen molar-refractivity contribution in [3.63, 3.8) is 0 Å². The summed E-state index contributed by atoms with van der Waals surface area (Å²) in [6.07, 6.45) is 2.17. The van der Waals surface area contributed by atoms with Gasteiger partial charge in [0.1, 0.15) is 18.0 Å². The smallest absolute Gasteiger partial charge is 0.217 e. The molecule has 0 unspecified atom stereocenters. The van der Waals surface area contributed by atoms with E-state index < -0.39 is 8.32 Å². The first-order valence-electron chi connectivity index (χ1n) is 10.9. The van der Waals surface area contributed by atoms with Crippen molar-refractivity contribution < 1.29 is 13.9 Å². The van der Waals surface area contributed by atoms with Gasteiger partial charge in [-0.3, -0.25) is 0 Å². The second-order valence-electron chi connectivity index (χ2n) is 9.58. The Bertz CT molecular complexity index is 900. The molecule has 2 aromatic rings. The summed E-state index contributed by atoms with van der Waals surface area (Å²) in [5.74, 6) is 1.50. The molecule has 0 aromatic heterocycles. The molecule has 166 valence electrons. The lowest BCUT2D eigenvalue weighted by Crippen LogP contribution is -2.53. The Labute approximate surface area is 188 Å². The Morgan fingerprint density at radius 3 is 2.26 bits per heavy atom. The Hall–Kier alpha value is -2.37. The van der Waals surface area contributed by atoms with Crippen LogP contribution in [0, 0.1) is 0 Å². The zero-order valence-electron chi connectivity index (χ0n) is 19.6. The van der Waals surface area contributed by atoms with Crippen molar-refractivity contribution in [3.05, 3.63) is 78.4 Å². The molecule has 0 N–H and O–H groups in total. The first-order valence-corrected chi connectivity index (χ1v) is 13.8. The van der Waals surface area contributed by atoms with Crippen LogP contribution in [0.3, 0.4) is 0 Å². The lowest BCUT2D eigenvalue weighted by Gasteiger charge is -2.44.